The molecule has 0 radical (unpaired) electrons. The van der Waals surface area contributed by atoms with Crippen molar-refractivity contribution in [2.24, 2.45) is 0 Å². The van der Waals surface area contributed by atoms with E-state index in [1.54, 1.807) is 0 Å². The first kappa shape index (κ1) is 15.4. The number of benzene rings is 1. The normalized spacial score (nSPS) is 10.7. The second-order valence-electron chi connectivity index (χ2n) is 4.71. The molecule has 5 heteroatoms. The van der Waals surface area contributed by atoms with Crippen LogP contribution in [0, 0.1) is 13.8 Å². The molecule has 1 N–H and O–H groups in total. The minimum Gasteiger partial charge on any atom is -0.369 e. The van der Waals surface area contributed by atoms with Gasteiger partial charge in [0.1, 0.15) is 5.82 Å². The fourth-order valence-electron chi connectivity index (χ4n) is 1.84. The summed E-state index contributed by atoms with van der Waals surface area (Å²) < 4.78 is 1.94. The largest absolute Gasteiger partial charge is 0.369 e. The number of aromatic nitrogens is 2. The zero-order valence-corrected chi connectivity index (χ0v) is 15.0. The zero-order chi connectivity index (χ0) is 14.7. The summed E-state index contributed by atoms with van der Waals surface area (Å²) in [6.07, 6.45) is 1.05. The van der Waals surface area contributed by atoms with Gasteiger partial charge in [0.05, 0.1) is 10.2 Å². The highest BCUT2D eigenvalue weighted by atomic mass is 79.9. The van der Waals surface area contributed by atoms with Gasteiger partial charge in [0, 0.05) is 16.6 Å². The molecule has 0 aliphatic rings. The van der Waals surface area contributed by atoms with Gasteiger partial charge in [0.25, 0.3) is 0 Å². The number of hydrogen-bond donors (Lipinski definition) is 1. The van der Waals surface area contributed by atoms with Gasteiger partial charge in [-0.15, -0.1) is 0 Å². The van der Waals surface area contributed by atoms with Gasteiger partial charge in [0.2, 0.25) is 0 Å². The molecule has 1 aromatic carbocycles. The third kappa shape index (κ3) is 3.38. The molecule has 0 bridgehead atoms. The van der Waals surface area contributed by atoms with E-state index in [1.807, 2.05) is 13.0 Å². The summed E-state index contributed by atoms with van der Waals surface area (Å²) in [6.45, 7) is 7.07. The fraction of sp³-hybridized carbons (Fsp3) is 0.333. The van der Waals surface area contributed by atoms with Gasteiger partial charge in [-0.2, -0.15) is 0 Å². The SMILES string of the molecule is CCCNc1nc(-c2ccc(C)cc2Br)nc(C)c1Br. The van der Waals surface area contributed by atoms with E-state index < -0.39 is 0 Å². The standard InChI is InChI=1S/C15H17Br2N3/c1-4-7-18-15-13(17)10(3)19-14(20-15)11-6-5-9(2)8-12(11)16/h5-6,8H,4,7H2,1-3H3,(H,18,19,20). The van der Waals surface area contributed by atoms with Crippen LogP contribution in [-0.2, 0) is 0 Å². The number of anilines is 1. The van der Waals surface area contributed by atoms with E-state index in [0.717, 1.165) is 44.8 Å². The van der Waals surface area contributed by atoms with Crippen molar-refractivity contribution >= 4 is 37.7 Å². The summed E-state index contributed by atoms with van der Waals surface area (Å²) in [5.41, 5.74) is 3.14. The lowest BCUT2D eigenvalue weighted by atomic mass is 10.1. The maximum Gasteiger partial charge on any atom is 0.162 e. The molecule has 0 fully saturated rings. The Labute approximate surface area is 136 Å². The Morgan fingerprint density at radius 1 is 1.15 bits per heavy atom. The molecule has 1 heterocycles. The van der Waals surface area contributed by atoms with Gasteiger partial charge < -0.3 is 5.32 Å². The van der Waals surface area contributed by atoms with E-state index in [4.69, 9.17) is 0 Å². The van der Waals surface area contributed by atoms with E-state index in [2.05, 4.69) is 73.1 Å². The summed E-state index contributed by atoms with van der Waals surface area (Å²) in [6, 6.07) is 6.20. The second-order valence-corrected chi connectivity index (χ2v) is 6.35. The van der Waals surface area contributed by atoms with Crippen molar-refractivity contribution in [2.75, 3.05) is 11.9 Å². The van der Waals surface area contributed by atoms with Gasteiger partial charge in [-0.25, -0.2) is 9.97 Å². The van der Waals surface area contributed by atoms with Crippen LogP contribution in [0.15, 0.2) is 27.1 Å². The summed E-state index contributed by atoms with van der Waals surface area (Å²) in [5, 5.41) is 3.33. The van der Waals surface area contributed by atoms with Crippen LogP contribution in [-0.4, -0.2) is 16.5 Å². The maximum absolute atomic E-state index is 4.63. The smallest absolute Gasteiger partial charge is 0.162 e. The highest BCUT2D eigenvalue weighted by Gasteiger charge is 2.12. The number of halogens is 2. The average Bonchev–Trinajstić information content (AvgIpc) is 2.40. The number of rotatable bonds is 4. The number of aryl methyl sites for hydroxylation is 2. The number of hydrogen-bond acceptors (Lipinski definition) is 3. The average molecular weight is 399 g/mol. The monoisotopic (exact) mass is 397 g/mol. The molecule has 3 nitrogen and oxygen atoms in total. The van der Waals surface area contributed by atoms with Gasteiger partial charge in [0.15, 0.2) is 5.82 Å². The van der Waals surface area contributed by atoms with Gasteiger partial charge in [-0.1, -0.05) is 28.9 Å². The van der Waals surface area contributed by atoms with Gasteiger partial charge >= 0.3 is 0 Å². The van der Waals surface area contributed by atoms with Crippen LogP contribution in [0.25, 0.3) is 11.4 Å². The first-order valence-electron chi connectivity index (χ1n) is 6.57. The Bertz CT molecular complexity index is 627. The molecule has 2 rings (SSSR count). The molecule has 0 aliphatic carbocycles. The number of nitrogens with zero attached hydrogens (tertiary/aromatic N) is 2. The molecule has 0 aliphatic heterocycles. The number of nitrogens with one attached hydrogen (secondary N) is 1. The Balaban J connectivity index is 2.48. The van der Waals surface area contributed by atoms with Crippen molar-refractivity contribution in [2.45, 2.75) is 27.2 Å². The Hall–Kier alpha value is -0.940. The molecule has 0 atom stereocenters. The van der Waals surface area contributed by atoms with Crippen molar-refractivity contribution in [3.8, 4) is 11.4 Å². The third-order valence-corrected chi connectivity index (χ3v) is 4.53. The highest BCUT2D eigenvalue weighted by molar-refractivity contribution is 9.11. The lowest BCUT2D eigenvalue weighted by molar-refractivity contribution is 0.958. The molecule has 20 heavy (non-hydrogen) atoms. The predicted octanol–water partition coefficient (Wildman–Crippen LogP) is 5.11. The molecule has 106 valence electrons. The third-order valence-electron chi connectivity index (χ3n) is 2.92. The molecule has 0 spiro atoms. The first-order chi connectivity index (χ1) is 9.52. The van der Waals surface area contributed by atoms with Crippen LogP contribution in [0.3, 0.4) is 0 Å². The van der Waals surface area contributed by atoms with Crippen LogP contribution in [0.2, 0.25) is 0 Å². The molecule has 0 saturated heterocycles. The second kappa shape index (κ2) is 6.68. The van der Waals surface area contributed by atoms with Crippen LogP contribution in [0.4, 0.5) is 5.82 Å². The highest BCUT2D eigenvalue weighted by Crippen LogP contribution is 2.31. The quantitative estimate of drug-likeness (QED) is 0.777. The van der Waals surface area contributed by atoms with Crippen molar-refractivity contribution < 1.29 is 0 Å². The molecule has 0 unspecified atom stereocenters. The van der Waals surface area contributed by atoms with E-state index in [0.29, 0.717) is 0 Å². The molecule has 1 aromatic heterocycles. The maximum atomic E-state index is 4.63. The van der Waals surface area contributed by atoms with Crippen molar-refractivity contribution in [3.63, 3.8) is 0 Å². The van der Waals surface area contributed by atoms with E-state index in [1.165, 1.54) is 5.56 Å². The zero-order valence-electron chi connectivity index (χ0n) is 11.8. The van der Waals surface area contributed by atoms with Crippen molar-refractivity contribution in [1.82, 2.24) is 9.97 Å². The van der Waals surface area contributed by atoms with E-state index in [9.17, 15) is 0 Å². The van der Waals surface area contributed by atoms with Gasteiger partial charge in [-0.3, -0.25) is 0 Å². The lowest BCUT2D eigenvalue weighted by Crippen LogP contribution is -2.06. The van der Waals surface area contributed by atoms with Crippen LogP contribution >= 0.6 is 31.9 Å². The Kier molecular flexibility index (Phi) is 5.16. The molecule has 0 saturated carbocycles. The van der Waals surface area contributed by atoms with Crippen LogP contribution < -0.4 is 5.32 Å². The predicted molar refractivity (Wildman–Crippen MR) is 91.1 cm³/mol. The van der Waals surface area contributed by atoms with Crippen LogP contribution in [0.1, 0.15) is 24.6 Å². The fourth-order valence-corrected chi connectivity index (χ4v) is 2.83. The molecule has 0 amide bonds. The van der Waals surface area contributed by atoms with Crippen LogP contribution in [0.5, 0.6) is 0 Å². The minimum absolute atomic E-state index is 0.733. The summed E-state index contributed by atoms with van der Waals surface area (Å²) >= 11 is 7.14. The van der Waals surface area contributed by atoms with Crippen molar-refractivity contribution in [1.29, 1.82) is 0 Å². The lowest BCUT2D eigenvalue weighted by Gasteiger charge is -2.12. The molecular weight excluding hydrogens is 382 g/mol. The van der Waals surface area contributed by atoms with Gasteiger partial charge in [-0.05, 0) is 53.9 Å². The topological polar surface area (TPSA) is 37.8 Å². The van der Waals surface area contributed by atoms with Crippen molar-refractivity contribution in [3.05, 3.63) is 38.4 Å². The summed E-state index contributed by atoms with van der Waals surface area (Å²) in [5.74, 6) is 1.58. The Morgan fingerprint density at radius 3 is 2.55 bits per heavy atom. The Morgan fingerprint density at radius 2 is 1.90 bits per heavy atom. The molecular formula is C15H17Br2N3. The minimum atomic E-state index is 0.733. The molecule has 2 aromatic rings. The first-order valence-corrected chi connectivity index (χ1v) is 8.16. The van der Waals surface area contributed by atoms with E-state index in [-0.39, 0.29) is 0 Å². The summed E-state index contributed by atoms with van der Waals surface area (Å²) in [4.78, 5) is 9.21. The summed E-state index contributed by atoms with van der Waals surface area (Å²) in [7, 11) is 0. The van der Waals surface area contributed by atoms with E-state index >= 15 is 0 Å².